The SMILES string of the molecule is NC(C(=O)C([C]=O)(C(=O)O)c1ccccc1)c1ccccc1. The zero-order valence-electron chi connectivity index (χ0n) is 11.6. The van der Waals surface area contributed by atoms with Gasteiger partial charge in [-0.05, 0) is 11.1 Å². The number of rotatable bonds is 6. The molecule has 2 rings (SSSR count). The van der Waals surface area contributed by atoms with Crippen molar-refractivity contribution in [2.45, 2.75) is 11.5 Å². The van der Waals surface area contributed by atoms with Gasteiger partial charge in [0.2, 0.25) is 11.7 Å². The molecule has 2 aromatic carbocycles. The van der Waals surface area contributed by atoms with Gasteiger partial charge in [0, 0.05) is 0 Å². The molecule has 2 atom stereocenters. The number of hydrogen-bond donors (Lipinski definition) is 2. The molecule has 0 spiro atoms. The lowest BCUT2D eigenvalue weighted by molar-refractivity contribution is -0.146. The molecule has 0 aromatic heterocycles. The predicted octanol–water partition coefficient (Wildman–Crippen LogP) is 1.39. The smallest absolute Gasteiger partial charge is 0.330 e. The Kier molecular flexibility index (Phi) is 4.48. The Bertz CT molecular complexity index is 684. The highest BCUT2D eigenvalue weighted by Crippen LogP contribution is 2.29. The van der Waals surface area contributed by atoms with Crippen LogP contribution in [0.25, 0.3) is 0 Å². The van der Waals surface area contributed by atoms with E-state index in [1.165, 1.54) is 18.4 Å². The van der Waals surface area contributed by atoms with Gasteiger partial charge in [-0.2, -0.15) is 0 Å². The van der Waals surface area contributed by atoms with Crippen molar-refractivity contribution in [1.29, 1.82) is 0 Å². The zero-order chi connectivity index (χ0) is 16.2. The number of aliphatic carboxylic acids is 1. The number of carboxylic acids is 1. The first kappa shape index (κ1) is 15.6. The molecule has 2 aromatic rings. The van der Waals surface area contributed by atoms with Crippen LogP contribution in [0.15, 0.2) is 60.7 Å². The van der Waals surface area contributed by atoms with E-state index < -0.39 is 23.2 Å². The fraction of sp³-hybridized carbons (Fsp3) is 0.118. The van der Waals surface area contributed by atoms with Gasteiger partial charge in [-0.3, -0.25) is 14.4 Å². The van der Waals surface area contributed by atoms with Crippen molar-refractivity contribution < 1.29 is 19.5 Å². The Morgan fingerprint density at radius 3 is 1.95 bits per heavy atom. The van der Waals surface area contributed by atoms with Crippen molar-refractivity contribution in [3.8, 4) is 0 Å². The molecule has 0 fully saturated rings. The van der Waals surface area contributed by atoms with Crippen LogP contribution >= 0.6 is 0 Å². The third kappa shape index (κ3) is 2.54. The first-order valence-corrected chi connectivity index (χ1v) is 6.57. The van der Waals surface area contributed by atoms with Crippen molar-refractivity contribution in [2.75, 3.05) is 0 Å². The van der Waals surface area contributed by atoms with Gasteiger partial charge in [-0.25, -0.2) is 0 Å². The van der Waals surface area contributed by atoms with Gasteiger partial charge in [0.1, 0.15) is 0 Å². The average Bonchev–Trinajstić information content (AvgIpc) is 2.56. The summed E-state index contributed by atoms with van der Waals surface area (Å²) in [6.07, 6.45) is 1.40. The number of nitrogens with two attached hydrogens (primary N) is 1. The van der Waals surface area contributed by atoms with E-state index in [0.717, 1.165) is 0 Å². The van der Waals surface area contributed by atoms with Gasteiger partial charge in [-0.1, -0.05) is 60.7 Å². The van der Waals surface area contributed by atoms with E-state index in [9.17, 15) is 19.5 Å². The molecule has 0 amide bonds. The van der Waals surface area contributed by atoms with E-state index in [1.807, 2.05) is 0 Å². The van der Waals surface area contributed by atoms with Crippen molar-refractivity contribution in [1.82, 2.24) is 0 Å². The second kappa shape index (κ2) is 6.32. The molecule has 111 valence electrons. The lowest BCUT2D eigenvalue weighted by Crippen LogP contribution is -2.49. The summed E-state index contributed by atoms with van der Waals surface area (Å²) in [5.41, 5.74) is 3.92. The summed E-state index contributed by atoms with van der Waals surface area (Å²) < 4.78 is 0. The molecule has 5 heteroatoms. The fourth-order valence-electron chi connectivity index (χ4n) is 2.26. The van der Waals surface area contributed by atoms with Gasteiger partial charge in [-0.15, -0.1) is 0 Å². The molecule has 3 N–H and O–H groups in total. The van der Waals surface area contributed by atoms with Crippen LogP contribution in [0, 0.1) is 0 Å². The minimum absolute atomic E-state index is 0.0360. The Balaban J connectivity index is 2.53. The normalized spacial score (nSPS) is 14.6. The number of benzene rings is 2. The Morgan fingerprint density at radius 2 is 1.50 bits per heavy atom. The maximum absolute atomic E-state index is 12.7. The summed E-state index contributed by atoms with van der Waals surface area (Å²) in [4.78, 5) is 35.8. The van der Waals surface area contributed by atoms with E-state index in [-0.39, 0.29) is 5.56 Å². The maximum atomic E-state index is 12.7. The molecular weight excluding hydrogens is 282 g/mol. The number of carbonyl (C=O) groups is 2. The molecule has 0 aliphatic heterocycles. The Hall–Kier alpha value is -2.79. The van der Waals surface area contributed by atoms with Crippen LogP contribution in [0.4, 0.5) is 0 Å². The van der Waals surface area contributed by atoms with Gasteiger partial charge in [0.25, 0.3) is 0 Å². The highest BCUT2D eigenvalue weighted by molar-refractivity contribution is 6.23. The molecule has 22 heavy (non-hydrogen) atoms. The summed E-state index contributed by atoms with van der Waals surface area (Å²) in [5, 5.41) is 9.50. The van der Waals surface area contributed by atoms with Gasteiger partial charge >= 0.3 is 5.97 Å². The quantitative estimate of drug-likeness (QED) is 0.785. The molecular formula is C17H14NO4. The minimum atomic E-state index is -2.43. The van der Waals surface area contributed by atoms with Gasteiger partial charge < -0.3 is 10.8 Å². The molecule has 2 unspecified atom stereocenters. The van der Waals surface area contributed by atoms with Crippen molar-refractivity contribution in [2.24, 2.45) is 5.73 Å². The molecule has 0 bridgehead atoms. The van der Waals surface area contributed by atoms with Crippen LogP contribution in [-0.4, -0.2) is 23.1 Å². The molecule has 0 heterocycles. The molecule has 0 saturated heterocycles. The minimum Gasteiger partial charge on any atom is -0.480 e. The van der Waals surface area contributed by atoms with E-state index in [0.29, 0.717) is 5.56 Å². The number of hydrogen-bond acceptors (Lipinski definition) is 4. The third-order valence-corrected chi connectivity index (χ3v) is 3.49. The second-order valence-electron chi connectivity index (χ2n) is 4.78. The maximum Gasteiger partial charge on any atom is 0.330 e. The van der Waals surface area contributed by atoms with Crippen molar-refractivity contribution in [3.05, 3.63) is 71.8 Å². The summed E-state index contributed by atoms with van der Waals surface area (Å²) in [5.74, 6) is -2.52. The summed E-state index contributed by atoms with van der Waals surface area (Å²) in [6, 6.07) is 14.6. The van der Waals surface area contributed by atoms with Crippen LogP contribution in [-0.2, 0) is 19.8 Å². The van der Waals surface area contributed by atoms with Crippen LogP contribution in [0.3, 0.4) is 0 Å². The lowest BCUT2D eigenvalue weighted by Gasteiger charge is -2.25. The Morgan fingerprint density at radius 1 is 1.00 bits per heavy atom. The molecule has 0 saturated carbocycles. The second-order valence-corrected chi connectivity index (χ2v) is 4.78. The van der Waals surface area contributed by atoms with E-state index in [1.54, 1.807) is 48.5 Å². The summed E-state index contributed by atoms with van der Waals surface area (Å²) in [6.45, 7) is 0. The standard InChI is InChI=1S/C17H14NO4/c18-14(12-7-3-1-4-8-12)15(20)17(11-19,16(21)22)13-9-5-2-6-10-13/h1-10,14H,18H2,(H,21,22). The number of carbonyl (C=O) groups excluding carboxylic acids is 2. The number of ketones is 1. The van der Waals surface area contributed by atoms with Gasteiger partial charge in [0.15, 0.2) is 5.78 Å². The first-order chi connectivity index (χ1) is 10.5. The highest BCUT2D eigenvalue weighted by Gasteiger charge is 2.51. The van der Waals surface area contributed by atoms with Crippen molar-refractivity contribution >= 4 is 18.0 Å². The predicted molar refractivity (Wildman–Crippen MR) is 79.8 cm³/mol. The van der Waals surface area contributed by atoms with E-state index in [4.69, 9.17) is 5.73 Å². The van der Waals surface area contributed by atoms with Gasteiger partial charge in [0.05, 0.1) is 6.04 Å². The lowest BCUT2D eigenvalue weighted by atomic mass is 9.74. The largest absolute Gasteiger partial charge is 0.480 e. The zero-order valence-corrected chi connectivity index (χ0v) is 11.6. The van der Waals surface area contributed by atoms with Crippen molar-refractivity contribution in [3.63, 3.8) is 0 Å². The highest BCUT2D eigenvalue weighted by atomic mass is 16.4. The van der Waals surface area contributed by atoms with E-state index in [2.05, 4.69) is 0 Å². The summed E-state index contributed by atoms with van der Waals surface area (Å²) >= 11 is 0. The van der Waals surface area contributed by atoms with Crippen LogP contribution in [0.1, 0.15) is 17.2 Å². The first-order valence-electron chi connectivity index (χ1n) is 6.57. The topological polar surface area (TPSA) is 97.5 Å². The van der Waals surface area contributed by atoms with Crippen LogP contribution < -0.4 is 5.73 Å². The molecule has 0 aliphatic rings. The molecule has 5 nitrogen and oxygen atoms in total. The number of carboxylic acid groups (broad SMARTS) is 1. The van der Waals surface area contributed by atoms with E-state index >= 15 is 0 Å². The third-order valence-electron chi connectivity index (χ3n) is 3.49. The summed E-state index contributed by atoms with van der Waals surface area (Å²) in [7, 11) is 0. The molecule has 1 radical (unpaired) electrons. The van der Waals surface area contributed by atoms with Crippen LogP contribution in [0.2, 0.25) is 0 Å². The Labute approximate surface area is 127 Å². The number of Topliss-reactive ketones (excluding diaryl/α,β-unsaturated/α-hetero) is 1. The fourth-order valence-corrected chi connectivity index (χ4v) is 2.26. The van der Waals surface area contributed by atoms with Crippen LogP contribution in [0.5, 0.6) is 0 Å². The molecule has 0 aliphatic carbocycles. The monoisotopic (exact) mass is 296 g/mol. The average molecular weight is 296 g/mol.